The minimum Gasteiger partial charge on any atom is -0.375 e. The van der Waals surface area contributed by atoms with E-state index in [1.54, 1.807) is 0 Å². The second-order valence-corrected chi connectivity index (χ2v) is 7.59. The molecule has 0 aromatic rings. The van der Waals surface area contributed by atoms with Crippen LogP contribution in [0.15, 0.2) is 0 Å². The maximum atomic E-state index is 6.21. The van der Waals surface area contributed by atoms with Gasteiger partial charge in [-0.1, -0.05) is 12.8 Å². The Labute approximate surface area is 128 Å². The summed E-state index contributed by atoms with van der Waals surface area (Å²) < 4.78 is 6.21. The zero-order valence-electron chi connectivity index (χ0n) is 13.1. The molecule has 2 bridgehead atoms. The average molecular weight is 294 g/mol. The Bertz CT molecular complexity index is 363. The second kappa shape index (κ2) is 5.78. The Balaban J connectivity index is 1.47. The van der Waals surface area contributed by atoms with Crippen LogP contribution >= 0.6 is 0 Å². The molecule has 0 amide bonds. The summed E-state index contributed by atoms with van der Waals surface area (Å²) in [5, 5.41) is 0. The number of rotatable bonds is 3. The van der Waals surface area contributed by atoms with Gasteiger partial charge in [-0.25, -0.2) is 0 Å². The lowest BCUT2D eigenvalue weighted by molar-refractivity contribution is -0.108. The van der Waals surface area contributed by atoms with Gasteiger partial charge in [0.15, 0.2) is 0 Å². The van der Waals surface area contributed by atoms with Gasteiger partial charge in [-0.3, -0.25) is 21.1 Å². The summed E-state index contributed by atoms with van der Waals surface area (Å²) in [4.78, 5) is 5.28. The zero-order valence-corrected chi connectivity index (χ0v) is 13.1. The molecule has 0 aromatic heterocycles. The molecule has 5 nitrogen and oxygen atoms in total. The SMILES string of the molecule is NNC(C1CCOC2(CCCC2)C1)C1CN2CCN1CC2. The number of hydrogen-bond donors (Lipinski definition) is 2. The van der Waals surface area contributed by atoms with Crippen LogP contribution in [0.2, 0.25) is 0 Å². The topological polar surface area (TPSA) is 53.8 Å². The van der Waals surface area contributed by atoms with Crippen LogP contribution in [-0.2, 0) is 4.74 Å². The molecular formula is C16H30N4O. The first-order valence-corrected chi connectivity index (χ1v) is 8.86. The second-order valence-electron chi connectivity index (χ2n) is 7.59. The van der Waals surface area contributed by atoms with E-state index in [1.165, 1.54) is 71.2 Å². The summed E-state index contributed by atoms with van der Waals surface area (Å²) in [6.45, 7) is 7.05. The number of fused-ring (bicyclic) bond motifs is 3. The standard InChI is InChI=1S/C16H30N4O/c17-18-15(14-12-19-6-8-20(14)9-7-19)13-3-10-21-16(11-13)4-1-2-5-16/h13-15,18H,1-12,17H2. The van der Waals surface area contributed by atoms with Crippen LogP contribution in [0.25, 0.3) is 0 Å². The number of piperazine rings is 3. The Hall–Kier alpha value is -0.200. The maximum Gasteiger partial charge on any atom is 0.0685 e. The van der Waals surface area contributed by atoms with Crippen molar-refractivity contribution >= 4 is 0 Å². The largest absolute Gasteiger partial charge is 0.375 e. The normalized spacial score (nSPS) is 43.3. The van der Waals surface area contributed by atoms with Crippen LogP contribution in [0.3, 0.4) is 0 Å². The van der Waals surface area contributed by atoms with Crippen LogP contribution in [0, 0.1) is 5.92 Å². The van der Waals surface area contributed by atoms with Crippen molar-refractivity contribution < 1.29 is 4.74 Å². The summed E-state index contributed by atoms with van der Waals surface area (Å²) in [6, 6.07) is 1.02. The molecule has 120 valence electrons. The summed E-state index contributed by atoms with van der Waals surface area (Å²) >= 11 is 0. The van der Waals surface area contributed by atoms with E-state index in [9.17, 15) is 0 Å². The van der Waals surface area contributed by atoms with Crippen molar-refractivity contribution in [1.29, 1.82) is 0 Å². The van der Waals surface area contributed by atoms with Crippen LogP contribution in [-0.4, -0.2) is 66.8 Å². The third-order valence-corrected chi connectivity index (χ3v) is 6.48. The molecule has 1 aliphatic carbocycles. The minimum atomic E-state index is 0.196. The van der Waals surface area contributed by atoms with E-state index in [1.807, 2.05) is 0 Å². The molecule has 21 heavy (non-hydrogen) atoms. The molecule has 5 fully saturated rings. The van der Waals surface area contributed by atoms with Gasteiger partial charge in [0.05, 0.1) is 5.60 Å². The van der Waals surface area contributed by atoms with Gasteiger partial charge in [0.25, 0.3) is 0 Å². The van der Waals surface area contributed by atoms with Crippen molar-refractivity contribution in [3.8, 4) is 0 Å². The summed E-state index contributed by atoms with van der Waals surface area (Å²) in [6.07, 6.45) is 7.60. The fourth-order valence-electron chi connectivity index (χ4n) is 5.30. The Kier molecular flexibility index (Phi) is 3.96. The van der Waals surface area contributed by atoms with Gasteiger partial charge < -0.3 is 4.74 Å². The van der Waals surface area contributed by atoms with Gasteiger partial charge in [0.1, 0.15) is 0 Å². The Morgan fingerprint density at radius 2 is 1.90 bits per heavy atom. The highest BCUT2D eigenvalue weighted by atomic mass is 16.5. The van der Waals surface area contributed by atoms with Gasteiger partial charge in [-0.05, 0) is 31.6 Å². The molecule has 5 heteroatoms. The molecule has 5 aliphatic rings. The van der Waals surface area contributed by atoms with Gasteiger partial charge >= 0.3 is 0 Å². The molecule has 0 radical (unpaired) electrons. The molecule has 4 aliphatic heterocycles. The number of nitrogens with two attached hydrogens (primary N) is 1. The fourth-order valence-corrected chi connectivity index (χ4v) is 5.30. The molecule has 4 heterocycles. The van der Waals surface area contributed by atoms with Gasteiger partial charge in [-0.2, -0.15) is 0 Å². The van der Waals surface area contributed by atoms with Crippen molar-refractivity contribution in [3.05, 3.63) is 0 Å². The average Bonchev–Trinajstić information content (AvgIpc) is 2.97. The lowest BCUT2D eigenvalue weighted by Gasteiger charge is -2.52. The van der Waals surface area contributed by atoms with Crippen LogP contribution in [0.4, 0.5) is 0 Å². The van der Waals surface area contributed by atoms with Gasteiger partial charge in [0, 0.05) is 51.4 Å². The van der Waals surface area contributed by atoms with E-state index in [4.69, 9.17) is 10.6 Å². The minimum absolute atomic E-state index is 0.196. The Morgan fingerprint density at radius 1 is 1.14 bits per heavy atom. The third-order valence-electron chi connectivity index (χ3n) is 6.48. The summed E-state index contributed by atoms with van der Waals surface area (Å²) in [7, 11) is 0. The molecule has 4 saturated heterocycles. The quantitative estimate of drug-likeness (QED) is 0.588. The lowest BCUT2D eigenvalue weighted by atomic mass is 9.77. The fraction of sp³-hybridized carbons (Fsp3) is 1.00. The summed E-state index contributed by atoms with van der Waals surface area (Å²) in [5.41, 5.74) is 3.40. The number of hydrogen-bond acceptors (Lipinski definition) is 5. The van der Waals surface area contributed by atoms with Gasteiger partial charge in [-0.15, -0.1) is 0 Å². The van der Waals surface area contributed by atoms with E-state index < -0.39 is 0 Å². The Morgan fingerprint density at radius 3 is 2.52 bits per heavy atom. The lowest BCUT2D eigenvalue weighted by Crippen LogP contribution is -2.69. The van der Waals surface area contributed by atoms with Crippen LogP contribution in [0.5, 0.6) is 0 Å². The van der Waals surface area contributed by atoms with Crippen molar-refractivity contribution in [2.45, 2.75) is 56.2 Å². The first-order chi connectivity index (χ1) is 10.3. The van der Waals surface area contributed by atoms with Gasteiger partial charge in [0.2, 0.25) is 0 Å². The molecule has 0 aromatic carbocycles. The molecule has 1 saturated carbocycles. The molecule has 1 spiro atoms. The van der Waals surface area contributed by atoms with Crippen LogP contribution in [0.1, 0.15) is 38.5 Å². The highest BCUT2D eigenvalue weighted by Crippen LogP contribution is 2.43. The molecular weight excluding hydrogens is 264 g/mol. The van der Waals surface area contributed by atoms with Crippen molar-refractivity contribution in [1.82, 2.24) is 15.2 Å². The summed E-state index contributed by atoms with van der Waals surface area (Å²) in [5.74, 6) is 6.69. The molecule has 3 unspecified atom stereocenters. The van der Waals surface area contributed by atoms with E-state index in [2.05, 4.69) is 15.2 Å². The van der Waals surface area contributed by atoms with Crippen LogP contribution < -0.4 is 11.3 Å². The molecule has 5 rings (SSSR count). The first kappa shape index (κ1) is 14.4. The predicted octanol–water partition coefficient (Wildman–Crippen LogP) is 0.558. The van der Waals surface area contributed by atoms with E-state index in [0.29, 0.717) is 18.0 Å². The maximum absolute atomic E-state index is 6.21. The van der Waals surface area contributed by atoms with E-state index in [0.717, 1.165) is 6.61 Å². The predicted molar refractivity (Wildman–Crippen MR) is 82.8 cm³/mol. The number of hydrazine groups is 1. The first-order valence-electron chi connectivity index (χ1n) is 8.86. The molecule has 3 atom stereocenters. The highest BCUT2D eigenvalue weighted by molar-refractivity contribution is 5.01. The zero-order chi connectivity index (χ0) is 14.3. The van der Waals surface area contributed by atoms with E-state index >= 15 is 0 Å². The van der Waals surface area contributed by atoms with E-state index in [-0.39, 0.29) is 5.60 Å². The smallest absolute Gasteiger partial charge is 0.0685 e. The van der Waals surface area contributed by atoms with Crippen molar-refractivity contribution in [3.63, 3.8) is 0 Å². The number of nitrogens with zero attached hydrogens (tertiary/aromatic N) is 2. The monoisotopic (exact) mass is 294 g/mol. The highest BCUT2D eigenvalue weighted by Gasteiger charge is 2.45. The van der Waals surface area contributed by atoms with Crippen molar-refractivity contribution in [2.24, 2.45) is 11.8 Å². The third kappa shape index (κ3) is 2.63. The van der Waals surface area contributed by atoms with Crippen molar-refractivity contribution in [2.75, 3.05) is 39.3 Å². The number of ether oxygens (including phenoxy) is 1. The molecule has 3 N–H and O–H groups in total. The number of nitrogens with one attached hydrogen (secondary N) is 1.